The van der Waals surface area contributed by atoms with Gasteiger partial charge in [-0.05, 0) is 51.1 Å². The fourth-order valence-corrected chi connectivity index (χ4v) is 3.69. The third-order valence-corrected chi connectivity index (χ3v) is 5.32. The molecule has 1 fully saturated rings. The Morgan fingerprint density at radius 1 is 1.31 bits per heavy atom. The number of carbonyl (C=O) groups is 1. The second kappa shape index (κ2) is 13.8. The monoisotopic (exact) mass is 515 g/mol. The van der Waals surface area contributed by atoms with Gasteiger partial charge in [-0.2, -0.15) is 0 Å². The summed E-state index contributed by atoms with van der Waals surface area (Å²) in [5.74, 6) is 1.08. The maximum absolute atomic E-state index is 12.3. The predicted octanol–water partition coefficient (Wildman–Crippen LogP) is 2.73. The Morgan fingerprint density at radius 2 is 2.03 bits per heavy atom. The molecule has 1 amide bonds. The molecule has 0 aromatic heterocycles. The van der Waals surface area contributed by atoms with Crippen LogP contribution in [-0.4, -0.2) is 74.5 Å². The van der Waals surface area contributed by atoms with E-state index in [4.69, 9.17) is 0 Å². The van der Waals surface area contributed by atoms with E-state index in [-0.39, 0.29) is 35.9 Å². The number of hydrogen-bond donors (Lipinski definition) is 2. The first-order valence-corrected chi connectivity index (χ1v) is 10.5. The summed E-state index contributed by atoms with van der Waals surface area (Å²) in [5, 5.41) is 6.88. The molecule has 1 aliphatic heterocycles. The van der Waals surface area contributed by atoms with Crippen molar-refractivity contribution in [1.82, 2.24) is 20.4 Å². The van der Waals surface area contributed by atoms with E-state index in [2.05, 4.69) is 57.8 Å². The molecule has 1 saturated heterocycles. The Kier molecular flexibility index (Phi) is 12.2. The van der Waals surface area contributed by atoms with Crippen molar-refractivity contribution in [3.63, 3.8) is 0 Å². The highest BCUT2D eigenvalue weighted by atomic mass is 127. The molecular formula is C22H38IN5O. The van der Waals surface area contributed by atoms with Gasteiger partial charge >= 0.3 is 0 Å². The lowest BCUT2D eigenvalue weighted by molar-refractivity contribution is -0.133. The largest absolute Gasteiger partial charge is 0.356 e. The van der Waals surface area contributed by atoms with Gasteiger partial charge in [-0.3, -0.25) is 14.7 Å². The van der Waals surface area contributed by atoms with Crippen molar-refractivity contribution in [1.29, 1.82) is 0 Å². The molecule has 1 heterocycles. The van der Waals surface area contributed by atoms with Crippen molar-refractivity contribution >= 4 is 35.8 Å². The fraction of sp³-hybridized carbons (Fsp3) is 0.636. The topological polar surface area (TPSA) is 60.0 Å². The highest BCUT2D eigenvalue weighted by Crippen LogP contribution is 2.18. The van der Waals surface area contributed by atoms with Gasteiger partial charge < -0.3 is 15.5 Å². The van der Waals surface area contributed by atoms with Crippen LogP contribution >= 0.6 is 24.0 Å². The molecule has 1 aromatic carbocycles. The van der Waals surface area contributed by atoms with Gasteiger partial charge in [-0.25, -0.2) is 0 Å². The Bertz CT molecular complexity index is 623. The van der Waals surface area contributed by atoms with Gasteiger partial charge in [0.1, 0.15) is 0 Å². The van der Waals surface area contributed by atoms with Crippen molar-refractivity contribution in [2.24, 2.45) is 4.99 Å². The minimum Gasteiger partial charge on any atom is -0.356 e. The Balaban J connectivity index is 0.00000420. The molecule has 2 N–H and O–H groups in total. The molecule has 0 aliphatic carbocycles. The number of nitrogens with one attached hydrogen (secondary N) is 2. The lowest BCUT2D eigenvalue weighted by Crippen LogP contribution is -2.45. The van der Waals surface area contributed by atoms with Gasteiger partial charge in [-0.15, -0.1) is 24.0 Å². The summed E-state index contributed by atoms with van der Waals surface area (Å²) in [6.07, 6.45) is 5.21. The number of carbonyl (C=O) groups excluding carboxylic acids is 1. The number of benzene rings is 1. The van der Waals surface area contributed by atoms with E-state index in [0.29, 0.717) is 6.04 Å². The van der Waals surface area contributed by atoms with Crippen LogP contribution < -0.4 is 10.6 Å². The van der Waals surface area contributed by atoms with Gasteiger partial charge in [0.05, 0.1) is 6.04 Å². The van der Waals surface area contributed by atoms with E-state index in [1.807, 2.05) is 21.1 Å². The van der Waals surface area contributed by atoms with Gasteiger partial charge in [-0.1, -0.05) is 30.3 Å². The maximum atomic E-state index is 12.3. The molecule has 7 heteroatoms. The second-order valence-electron chi connectivity index (χ2n) is 7.85. The molecule has 164 valence electrons. The highest BCUT2D eigenvalue weighted by molar-refractivity contribution is 14.0. The van der Waals surface area contributed by atoms with Crippen LogP contribution in [0.3, 0.4) is 0 Å². The Hall–Kier alpha value is -1.35. The number of likely N-dealkylation sites (N-methyl/N-ethyl adjacent to an activating group) is 1. The molecule has 0 spiro atoms. The van der Waals surface area contributed by atoms with Gasteiger partial charge in [0.25, 0.3) is 0 Å². The highest BCUT2D eigenvalue weighted by Gasteiger charge is 2.30. The van der Waals surface area contributed by atoms with Crippen LogP contribution in [0, 0.1) is 0 Å². The number of likely N-dealkylation sites (tertiary alicyclic amines) is 1. The first-order valence-electron chi connectivity index (χ1n) is 10.5. The average Bonchev–Trinajstić information content (AvgIpc) is 3.17. The van der Waals surface area contributed by atoms with Crippen LogP contribution in [-0.2, 0) is 11.2 Å². The first kappa shape index (κ1) is 25.7. The third kappa shape index (κ3) is 8.90. The van der Waals surface area contributed by atoms with Crippen LogP contribution in [0.4, 0.5) is 0 Å². The number of nitrogens with zero attached hydrogens (tertiary/aromatic N) is 3. The molecule has 29 heavy (non-hydrogen) atoms. The summed E-state index contributed by atoms with van der Waals surface area (Å²) in [4.78, 5) is 20.6. The predicted molar refractivity (Wildman–Crippen MR) is 132 cm³/mol. The molecule has 2 atom stereocenters. The quantitative estimate of drug-likeness (QED) is 0.230. The molecule has 1 aliphatic rings. The summed E-state index contributed by atoms with van der Waals surface area (Å²) in [7, 11) is 5.50. The summed E-state index contributed by atoms with van der Waals surface area (Å²) >= 11 is 0. The molecule has 0 saturated carbocycles. The number of aryl methyl sites for hydroxylation is 1. The minimum absolute atomic E-state index is 0. The maximum Gasteiger partial charge on any atom is 0.239 e. The zero-order chi connectivity index (χ0) is 20.4. The standard InChI is InChI=1S/C22H37N5O.HI/c1-18(13-14-19-10-6-5-7-11-19)25-22(23-2)24-15-9-17-27-16-8-12-20(27)21(28)26(3)4;/h5-7,10-11,18,20H,8-9,12-17H2,1-4H3,(H2,23,24,25);1H. The number of rotatable bonds is 9. The molecular weight excluding hydrogens is 477 g/mol. The zero-order valence-corrected chi connectivity index (χ0v) is 20.7. The van der Waals surface area contributed by atoms with Crippen molar-refractivity contribution in [3.8, 4) is 0 Å². The van der Waals surface area contributed by atoms with Crippen LogP contribution in [0.5, 0.6) is 0 Å². The van der Waals surface area contributed by atoms with Crippen molar-refractivity contribution in [2.75, 3.05) is 40.8 Å². The number of hydrogen-bond acceptors (Lipinski definition) is 3. The number of aliphatic imine (C=N–C) groups is 1. The third-order valence-electron chi connectivity index (χ3n) is 5.32. The van der Waals surface area contributed by atoms with Crippen molar-refractivity contribution < 1.29 is 4.79 Å². The van der Waals surface area contributed by atoms with Crippen molar-refractivity contribution in [2.45, 2.75) is 51.1 Å². The summed E-state index contributed by atoms with van der Waals surface area (Å²) in [6.45, 7) is 5.01. The summed E-state index contributed by atoms with van der Waals surface area (Å²) in [5.41, 5.74) is 1.37. The number of guanidine groups is 1. The van der Waals surface area contributed by atoms with Crippen LogP contribution in [0.25, 0.3) is 0 Å². The van der Waals surface area contributed by atoms with E-state index in [1.54, 1.807) is 4.90 Å². The molecule has 2 rings (SSSR count). The minimum atomic E-state index is 0. The van der Waals surface area contributed by atoms with E-state index in [0.717, 1.165) is 57.7 Å². The second-order valence-corrected chi connectivity index (χ2v) is 7.85. The summed E-state index contributed by atoms with van der Waals surface area (Å²) in [6, 6.07) is 11.0. The number of amides is 1. The van der Waals surface area contributed by atoms with Gasteiger partial charge in [0.15, 0.2) is 5.96 Å². The molecule has 2 unspecified atom stereocenters. The van der Waals surface area contributed by atoms with Crippen LogP contribution in [0.15, 0.2) is 35.3 Å². The Labute approximate surface area is 193 Å². The molecule has 1 aromatic rings. The lowest BCUT2D eigenvalue weighted by Gasteiger charge is -2.26. The SMILES string of the molecule is CN=C(NCCCN1CCCC1C(=O)N(C)C)NC(C)CCc1ccccc1.I. The van der Waals surface area contributed by atoms with E-state index in [1.165, 1.54) is 5.56 Å². The van der Waals surface area contributed by atoms with Crippen molar-refractivity contribution in [3.05, 3.63) is 35.9 Å². The normalized spacial score (nSPS) is 18.1. The molecule has 0 bridgehead atoms. The smallest absolute Gasteiger partial charge is 0.239 e. The number of halogens is 1. The molecule has 0 radical (unpaired) electrons. The van der Waals surface area contributed by atoms with Gasteiger partial charge in [0.2, 0.25) is 5.91 Å². The lowest BCUT2D eigenvalue weighted by atomic mass is 10.1. The van der Waals surface area contributed by atoms with Crippen LogP contribution in [0.1, 0.15) is 38.2 Å². The Morgan fingerprint density at radius 3 is 2.69 bits per heavy atom. The first-order chi connectivity index (χ1) is 13.5. The van der Waals surface area contributed by atoms with Gasteiger partial charge in [0, 0.05) is 40.3 Å². The van der Waals surface area contributed by atoms with Crippen LogP contribution in [0.2, 0.25) is 0 Å². The van der Waals surface area contributed by atoms with E-state index in [9.17, 15) is 4.79 Å². The molecule has 6 nitrogen and oxygen atoms in total. The fourth-order valence-electron chi connectivity index (χ4n) is 3.69. The zero-order valence-electron chi connectivity index (χ0n) is 18.4. The van der Waals surface area contributed by atoms with E-state index >= 15 is 0 Å². The average molecular weight is 515 g/mol. The van der Waals surface area contributed by atoms with E-state index < -0.39 is 0 Å². The summed E-state index contributed by atoms with van der Waals surface area (Å²) < 4.78 is 0.